The molecule has 0 spiro atoms. The molecule has 1 aromatic carbocycles. The molecule has 1 nitrogen and oxygen atoms in total. The van der Waals surface area contributed by atoms with Crippen LogP contribution in [0.4, 0.5) is 0 Å². The summed E-state index contributed by atoms with van der Waals surface area (Å²) in [4.78, 5) is 7.21. The van der Waals surface area contributed by atoms with E-state index in [0.29, 0.717) is 0 Å². The van der Waals surface area contributed by atoms with Gasteiger partial charge in [0.1, 0.15) is 4.83 Å². The Morgan fingerprint density at radius 3 is 2.19 bits per heavy atom. The van der Waals surface area contributed by atoms with E-state index in [1.54, 1.807) is 11.3 Å². The minimum atomic E-state index is 0.986. The van der Waals surface area contributed by atoms with Gasteiger partial charge < -0.3 is 0 Å². The van der Waals surface area contributed by atoms with Crippen LogP contribution in [0.5, 0.6) is 0 Å². The smallest absolute Gasteiger partial charge is 0.124 e. The van der Waals surface area contributed by atoms with Crippen LogP contribution < -0.4 is 0 Å². The fourth-order valence-electron chi connectivity index (χ4n) is 2.82. The average Bonchev–Trinajstić information content (AvgIpc) is 3.08. The minimum Gasteiger partial charge on any atom is -0.237 e. The Hall–Kier alpha value is -3.23. The summed E-state index contributed by atoms with van der Waals surface area (Å²) in [5, 5.41) is 1.18. The lowest BCUT2D eigenvalue weighted by Crippen LogP contribution is -1.80. The lowest BCUT2D eigenvalue weighted by molar-refractivity contribution is 1.43. The van der Waals surface area contributed by atoms with Crippen LogP contribution in [0.1, 0.15) is 4.88 Å². The zero-order valence-electron chi connectivity index (χ0n) is 14.8. The Morgan fingerprint density at radius 1 is 0.667 bits per heavy atom. The maximum absolute atomic E-state index is 4.92. The highest BCUT2D eigenvalue weighted by Crippen LogP contribution is 2.32. The van der Waals surface area contributed by atoms with Crippen LogP contribution in [0, 0.1) is 0 Å². The van der Waals surface area contributed by atoms with E-state index in [-0.39, 0.29) is 0 Å². The van der Waals surface area contributed by atoms with Gasteiger partial charge in [0, 0.05) is 15.8 Å². The van der Waals surface area contributed by atoms with E-state index in [0.717, 1.165) is 16.1 Å². The van der Waals surface area contributed by atoms with Crippen molar-refractivity contribution in [3.8, 4) is 11.3 Å². The van der Waals surface area contributed by atoms with Crippen molar-refractivity contribution in [1.82, 2.24) is 4.98 Å². The predicted octanol–water partition coefficient (Wildman–Crippen LogP) is 7.15. The number of thiophene rings is 1. The molecular formula is C25H19NS. The highest BCUT2D eigenvalue weighted by atomic mass is 32.1. The molecule has 0 radical (unpaired) electrons. The van der Waals surface area contributed by atoms with E-state index in [1.165, 1.54) is 15.8 Å². The van der Waals surface area contributed by atoms with Gasteiger partial charge >= 0.3 is 0 Å². The van der Waals surface area contributed by atoms with Crippen LogP contribution in [-0.4, -0.2) is 4.98 Å². The summed E-state index contributed by atoms with van der Waals surface area (Å²) in [6.45, 7) is 0. The molecule has 0 saturated heterocycles. The Balaban J connectivity index is 1.76. The molecule has 2 heteroatoms. The summed E-state index contributed by atoms with van der Waals surface area (Å²) >= 11 is 1.73. The molecule has 4 rings (SSSR count). The Morgan fingerprint density at radius 2 is 1.37 bits per heavy atom. The van der Waals surface area contributed by atoms with Crippen LogP contribution in [0.2, 0.25) is 0 Å². The fourth-order valence-corrected chi connectivity index (χ4v) is 3.85. The second-order valence-electron chi connectivity index (χ2n) is 6.09. The van der Waals surface area contributed by atoms with Gasteiger partial charge in [-0.1, -0.05) is 97.1 Å². The summed E-state index contributed by atoms with van der Waals surface area (Å²) in [6.07, 6.45) is 14.5. The van der Waals surface area contributed by atoms with Crippen molar-refractivity contribution in [2.45, 2.75) is 0 Å². The van der Waals surface area contributed by atoms with Gasteiger partial charge in [-0.2, -0.15) is 0 Å². The van der Waals surface area contributed by atoms with Gasteiger partial charge in [-0.05, 0) is 23.8 Å². The van der Waals surface area contributed by atoms with Crippen LogP contribution >= 0.6 is 11.3 Å². The van der Waals surface area contributed by atoms with Crippen molar-refractivity contribution in [2.24, 2.45) is 0 Å². The number of fused-ring (bicyclic) bond motifs is 1. The van der Waals surface area contributed by atoms with Crippen LogP contribution in [0.15, 0.2) is 115 Å². The van der Waals surface area contributed by atoms with Crippen molar-refractivity contribution in [2.75, 3.05) is 0 Å². The van der Waals surface area contributed by atoms with Crippen molar-refractivity contribution in [1.29, 1.82) is 0 Å². The highest BCUT2D eigenvalue weighted by molar-refractivity contribution is 7.19. The van der Waals surface area contributed by atoms with E-state index in [4.69, 9.17) is 4.98 Å². The van der Waals surface area contributed by atoms with Gasteiger partial charge in [-0.3, -0.25) is 0 Å². The number of aromatic nitrogens is 1. The number of pyridine rings is 1. The molecule has 130 valence electrons. The number of hydrogen-bond donors (Lipinski definition) is 0. The summed E-state index contributed by atoms with van der Waals surface area (Å²) < 4.78 is 0. The lowest BCUT2D eigenvalue weighted by Gasteiger charge is -1.98. The van der Waals surface area contributed by atoms with Gasteiger partial charge in [-0.25, -0.2) is 4.98 Å². The Labute approximate surface area is 163 Å². The van der Waals surface area contributed by atoms with Crippen molar-refractivity contribution in [3.05, 3.63) is 120 Å². The molecule has 0 fully saturated rings. The van der Waals surface area contributed by atoms with E-state index in [2.05, 4.69) is 54.6 Å². The molecule has 0 bridgehead atoms. The van der Waals surface area contributed by atoms with Gasteiger partial charge in [0.15, 0.2) is 0 Å². The number of nitrogens with zero attached hydrogens (tertiary/aromatic N) is 1. The number of rotatable bonds is 2. The second kappa shape index (κ2) is 8.43. The lowest BCUT2D eigenvalue weighted by atomic mass is 10.1. The van der Waals surface area contributed by atoms with E-state index in [9.17, 15) is 0 Å². The van der Waals surface area contributed by atoms with E-state index >= 15 is 0 Å². The molecule has 2 aromatic heterocycles. The third kappa shape index (κ3) is 4.30. The maximum Gasteiger partial charge on any atom is 0.124 e. The average molecular weight is 366 g/mol. The first kappa shape index (κ1) is 17.2. The fraction of sp³-hybridized carbons (Fsp3) is 0. The normalized spacial score (nSPS) is 16.1. The third-order valence-corrected chi connectivity index (χ3v) is 5.27. The minimum absolute atomic E-state index is 0.986. The summed E-state index contributed by atoms with van der Waals surface area (Å²) in [7, 11) is 0. The molecule has 0 N–H and O–H groups in total. The molecule has 0 saturated carbocycles. The summed E-state index contributed by atoms with van der Waals surface area (Å²) in [5.41, 5.74) is 3.29. The van der Waals surface area contributed by atoms with Crippen molar-refractivity contribution >= 4 is 27.1 Å². The first-order valence-electron chi connectivity index (χ1n) is 8.91. The molecule has 0 amide bonds. The molecule has 0 unspecified atom stereocenters. The van der Waals surface area contributed by atoms with Gasteiger partial charge in [0.2, 0.25) is 0 Å². The van der Waals surface area contributed by atoms with E-state index in [1.807, 2.05) is 60.7 Å². The molecule has 0 atom stereocenters. The number of hydrogen-bond acceptors (Lipinski definition) is 2. The molecule has 27 heavy (non-hydrogen) atoms. The van der Waals surface area contributed by atoms with Crippen LogP contribution in [0.3, 0.4) is 0 Å². The molecule has 2 heterocycles. The largest absolute Gasteiger partial charge is 0.237 e. The van der Waals surface area contributed by atoms with E-state index < -0.39 is 0 Å². The highest BCUT2D eigenvalue weighted by Gasteiger charge is 2.07. The topological polar surface area (TPSA) is 12.9 Å². The number of allylic oxidation sites excluding steroid dienone is 8. The first-order chi connectivity index (χ1) is 13.4. The predicted molar refractivity (Wildman–Crippen MR) is 118 cm³/mol. The maximum atomic E-state index is 4.92. The van der Waals surface area contributed by atoms with Crippen LogP contribution in [-0.2, 0) is 0 Å². The van der Waals surface area contributed by atoms with Crippen molar-refractivity contribution in [3.63, 3.8) is 0 Å². The van der Waals surface area contributed by atoms with Crippen LogP contribution in [0.25, 0.3) is 27.0 Å². The Kier molecular flexibility index (Phi) is 5.37. The molecule has 1 aliphatic rings. The molecule has 1 aliphatic carbocycles. The molecular weight excluding hydrogens is 346 g/mol. The van der Waals surface area contributed by atoms with Gasteiger partial charge in [-0.15, -0.1) is 11.3 Å². The first-order valence-corrected chi connectivity index (χ1v) is 9.73. The Bertz CT molecular complexity index is 1100. The zero-order chi connectivity index (χ0) is 18.3. The summed E-state index contributed by atoms with van der Waals surface area (Å²) in [5.74, 6) is 0. The van der Waals surface area contributed by atoms with Crippen molar-refractivity contribution < 1.29 is 0 Å². The monoisotopic (exact) mass is 365 g/mol. The molecule has 3 aromatic rings. The third-order valence-electron chi connectivity index (χ3n) is 4.18. The quantitative estimate of drug-likeness (QED) is 0.470. The molecule has 0 aliphatic heterocycles. The zero-order valence-corrected chi connectivity index (χ0v) is 15.6. The standard InChI is InChI=1S/C25H19NS/c1-2-5-9-13-20(14-10-6-3-1)23-18-17-22-19-24(27-25(22)26-23)21-15-11-7-4-8-12-16-21/h1-19H/b2-1?,3-1?,5-2?,6-3?,7-4?,8-4?,9-5?,10-6?,11-7?,12-8?,13-9?,14-10?,15-11-,16-12?,20-13?,20-14?,21-15?,21-16+. The summed E-state index contributed by atoms with van der Waals surface area (Å²) in [6, 6.07) is 24.9. The SMILES string of the molecule is C1=C/C=C\C(c2cc3ccc(-c4ccccccccc4)nc3s2)=C/C=C1. The van der Waals surface area contributed by atoms with Gasteiger partial charge in [0.05, 0.1) is 5.69 Å². The second-order valence-corrected chi connectivity index (χ2v) is 7.12. The van der Waals surface area contributed by atoms with Gasteiger partial charge in [0.25, 0.3) is 0 Å².